The molecule has 7 heavy (non-hydrogen) atoms. The summed E-state index contributed by atoms with van der Waals surface area (Å²) in [5.74, 6) is -0.542. The Labute approximate surface area is 41.5 Å². The third-order valence-electron chi connectivity index (χ3n) is 0.976. The van der Waals surface area contributed by atoms with Crippen molar-refractivity contribution < 1.29 is 9.90 Å². The number of hydrogen-bond donors (Lipinski definition) is 0. The van der Waals surface area contributed by atoms with Gasteiger partial charge in [-0.25, -0.2) is 0 Å². The topological polar surface area (TPSA) is 37.0 Å². The number of allylic oxidation sites excluding steroid dienone is 2. The molecule has 0 saturated carbocycles. The third kappa shape index (κ3) is 0.633. The molecule has 1 radical (unpaired) electrons. The van der Waals surface area contributed by atoms with E-state index in [2.05, 4.69) is 0 Å². The van der Waals surface area contributed by atoms with Gasteiger partial charge in [-0.15, -0.1) is 0 Å². The van der Waals surface area contributed by atoms with E-state index in [1.54, 1.807) is 0 Å². The van der Waals surface area contributed by atoms with Crippen molar-refractivity contribution >= 4 is 5.78 Å². The Bertz CT molecular complexity index is 124. The van der Waals surface area contributed by atoms with Crippen molar-refractivity contribution in [3.05, 3.63) is 11.8 Å². The molecule has 0 amide bonds. The fraction of sp³-hybridized carbons (Fsp3) is 0.400. The number of rotatable bonds is 0. The standard InChI is InChI=1S/C5H5O2/c6-4-2-1-3-5(4)7/h2H,1,3H2. The Morgan fingerprint density at radius 2 is 2.29 bits per heavy atom. The Hall–Kier alpha value is -0.790. The molecule has 0 aromatic heterocycles. The highest BCUT2D eigenvalue weighted by atomic mass is 16.3. The van der Waals surface area contributed by atoms with Crippen LogP contribution in [0.25, 0.3) is 0 Å². The van der Waals surface area contributed by atoms with E-state index in [9.17, 15) is 9.90 Å². The largest absolute Gasteiger partial charge is 0.291 e. The SMILES string of the molecule is [O]C1=CCCC1=O. The maximum atomic E-state index is 10.2. The monoisotopic (exact) mass is 97.0 g/mol. The normalized spacial score (nSPS) is 20.0. The number of hydrogen-bond acceptors (Lipinski definition) is 1. The van der Waals surface area contributed by atoms with Gasteiger partial charge in [0, 0.05) is 6.42 Å². The molecule has 1 rings (SSSR count). The van der Waals surface area contributed by atoms with Crippen LogP contribution in [0.3, 0.4) is 0 Å². The predicted molar refractivity (Wildman–Crippen MR) is 23.0 cm³/mol. The summed E-state index contributed by atoms with van der Waals surface area (Å²) in [6.45, 7) is 0. The van der Waals surface area contributed by atoms with Gasteiger partial charge in [0.1, 0.15) is 0 Å². The summed E-state index contributed by atoms with van der Waals surface area (Å²) in [6.07, 6.45) is 2.51. The zero-order valence-electron chi connectivity index (χ0n) is 3.81. The summed E-state index contributed by atoms with van der Waals surface area (Å²) in [4.78, 5) is 10.2. The van der Waals surface area contributed by atoms with E-state index in [0.29, 0.717) is 12.8 Å². The first-order valence-electron chi connectivity index (χ1n) is 2.21. The zero-order valence-corrected chi connectivity index (χ0v) is 3.81. The molecular formula is C5H5O2. The van der Waals surface area contributed by atoms with E-state index in [1.807, 2.05) is 0 Å². The van der Waals surface area contributed by atoms with Crippen LogP contribution in [-0.4, -0.2) is 5.78 Å². The van der Waals surface area contributed by atoms with Crippen LogP contribution in [0.1, 0.15) is 12.8 Å². The van der Waals surface area contributed by atoms with E-state index >= 15 is 0 Å². The Kier molecular flexibility index (Phi) is 0.855. The minimum atomic E-state index is -0.306. The molecule has 1 aliphatic rings. The molecule has 0 spiro atoms. The van der Waals surface area contributed by atoms with Gasteiger partial charge in [0.15, 0.2) is 0 Å². The Morgan fingerprint density at radius 1 is 1.57 bits per heavy atom. The van der Waals surface area contributed by atoms with Crippen LogP contribution in [0.2, 0.25) is 0 Å². The van der Waals surface area contributed by atoms with Crippen LogP contribution >= 0.6 is 0 Å². The molecule has 0 heterocycles. The third-order valence-corrected chi connectivity index (χ3v) is 0.976. The van der Waals surface area contributed by atoms with Gasteiger partial charge < -0.3 is 0 Å². The minimum Gasteiger partial charge on any atom is -0.291 e. The number of Topliss-reactive ketones (excluding diaryl/α,β-unsaturated/α-hetero) is 1. The van der Waals surface area contributed by atoms with E-state index in [0.717, 1.165) is 0 Å². The quantitative estimate of drug-likeness (QED) is 0.437. The average molecular weight is 97.1 g/mol. The summed E-state index contributed by atoms with van der Waals surface area (Å²) >= 11 is 0. The van der Waals surface area contributed by atoms with Gasteiger partial charge in [0.2, 0.25) is 11.5 Å². The first kappa shape index (κ1) is 4.37. The zero-order chi connectivity index (χ0) is 5.28. The first-order valence-corrected chi connectivity index (χ1v) is 2.21. The lowest BCUT2D eigenvalue weighted by Crippen LogP contribution is -1.90. The summed E-state index contributed by atoms with van der Waals surface area (Å²) < 4.78 is 0. The molecule has 0 atom stereocenters. The highest BCUT2D eigenvalue weighted by molar-refractivity contribution is 5.94. The molecule has 1 aliphatic carbocycles. The van der Waals surface area contributed by atoms with Crippen LogP contribution in [-0.2, 0) is 9.90 Å². The van der Waals surface area contributed by atoms with Gasteiger partial charge in [-0.3, -0.25) is 9.90 Å². The maximum Gasteiger partial charge on any atom is 0.217 e. The molecule has 0 N–H and O–H groups in total. The Balaban J connectivity index is 2.72. The average Bonchev–Trinajstić information content (AvgIpc) is 1.91. The summed E-state index contributed by atoms with van der Waals surface area (Å²) in [7, 11) is 0. The summed E-state index contributed by atoms with van der Waals surface area (Å²) in [5.41, 5.74) is 0. The van der Waals surface area contributed by atoms with Crippen LogP contribution in [0.15, 0.2) is 11.8 Å². The van der Waals surface area contributed by atoms with Crippen LogP contribution in [0.5, 0.6) is 0 Å². The highest BCUT2D eigenvalue weighted by Crippen LogP contribution is 2.09. The number of carbonyl (C=O) groups excluding carboxylic acids is 1. The van der Waals surface area contributed by atoms with Crippen LogP contribution in [0, 0.1) is 0 Å². The van der Waals surface area contributed by atoms with Gasteiger partial charge >= 0.3 is 0 Å². The smallest absolute Gasteiger partial charge is 0.217 e. The van der Waals surface area contributed by atoms with Crippen molar-refractivity contribution in [3.8, 4) is 0 Å². The fourth-order valence-electron chi connectivity index (χ4n) is 0.571. The molecule has 0 fully saturated rings. The molecule has 2 nitrogen and oxygen atoms in total. The lowest BCUT2D eigenvalue weighted by atomic mass is 10.3. The predicted octanol–water partition coefficient (Wildman–Crippen LogP) is 0.664. The molecule has 0 aromatic rings. The van der Waals surface area contributed by atoms with Crippen molar-refractivity contribution in [2.45, 2.75) is 12.8 Å². The summed E-state index contributed by atoms with van der Waals surface area (Å²) in [6, 6.07) is 0. The molecule has 0 aliphatic heterocycles. The highest BCUT2D eigenvalue weighted by Gasteiger charge is 2.14. The van der Waals surface area contributed by atoms with Gasteiger partial charge in [-0.05, 0) is 12.5 Å². The molecule has 0 saturated heterocycles. The molecule has 2 heteroatoms. The molecular weight excluding hydrogens is 92.1 g/mol. The Morgan fingerprint density at radius 3 is 2.43 bits per heavy atom. The molecule has 37 valence electrons. The van der Waals surface area contributed by atoms with Crippen molar-refractivity contribution in [2.24, 2.45) is 0 Å². The van der Waals surface area contributed by atoms with Gasteiger partial charge in [-0.2, -0.15) is 0 Å². The minimum absolute atomic E-state index is 0.236. The second kappa shape index (κ2) is 1.37. The van der Waals surface area contributed by atoms with Crippen LogP contribution < -0.4 is 0 Å². The summed E-state index contributed by atoms with van der Waals surface area (Å²) in [5, 5.41) is 10.2. The molecule has 0 aromatic carbocycles. The van der Waals surface area contributed by atoms with Crippen molar-refractivity contribution in [1.82, 2.24) is 0 Å². The second-order valence-corrected chi connectivity index (χ2v) is 1.53. The van der Waals surface area contributed by atoms with Crippen LogP contribution in [0.4, 0.5) is 0 Å². The van der Waals surface area contributed by atoms with Crippen molar-refractivity contribution in [3.63, 3.8) is 0 Å². The van der Waals surface area contributed by atoms with Crippen molar-refractivity contribution in [1.29, 1.82) is 0 Å². The van der Waals surface area contributed by atoms with Gasteiger partial charge in [0.25, 0.3) is 0 Å². The lowest BCUT2D eigenvalue weighted by molar-refractivity contribution is -0.117. The van der Waals surface area contributed by atoms with E-state index in [1.165, 1.54) is 6.08 Å². The molecule has 0 unspecified atom stereocenters. The number of ketones is 1. The van der Waals surface area contributed by atoms with E-state index < -0.39 is 0 Å². The lowest BCUT2D eigenvalue weighted by Gasteiger charge is -1.76. The number of carbonyl (C=O) groups is 1. The van der Waals surface area contributed by atoms with Gasteiger partial charge in [-0.1, -0.05) is 0 Å². The first-order chi connectivity index (χ1) is 3.30. The van der Waals surface area contributed by atoms with E-state index in [4.69, 9.17) is 0 Å². The van der Waals surface area contributed by atoms with Gasteiger partial charge in [0.05, 0.1) is 0 Å². The van der Waals surface area contributed by atoms with Crippen molar-refractivity contribution in [2.75, 3.05) is 0 Å². The maximum absolute atomic E-state index is 10.2. The second-order valence-electron chi connectivity index (χ2n) is 1.53. The fourth-order valence-corrected chi connectivity index (χ4v) is 0.571. The molecule has 0 bridgehead atoms. The van der Waals surface area contributed by atoms with E-state index in [-0.39, 0.29) is 11.5 Å².